The lowest BCUT2D eigenvalue weighted by atomic mass is 10.4. The van der Waals surface area contributed by atoms with Crippen LogP contribution in [-0.2, 0) is 6.54 Å². The zero-order valence-electron chi connectivity index (χ0n) is 10.6. The summed E-state index contributed by atoms with van der Waals surface area (Å²) in [6.45, 7) is 1.80. The van der Waals surface area contributed by atoms with E-state index < -0.39 is 12.0 Å². The molecule has 0 unspecified atom stereocenters. The van der Waals surface area contributed by atoms with Crippen molar-refractivity contribution in [3.8, 4) is 0 Å². The number of pyridine rings is 1. The Balaban J connectivity index is 1.90. The second-order valence-corrected chi connectivity index (χ2v) is 4.96. The van der Waals surface area contributed by atoms with Crippen molar-refractivity contribution in [1.82, 2.24) is 15.3 Å². The van der Waals surface area contributed by atoms with Crippen LogP contribution in [0.25, 0.3) is 0 Å². The first kappa shape index (κ1) is 13.9. The van der Waals surface area contributed by atoms with E-state index in [2.05, 4.69) is 20.6 Å². The smallest absolute Gasteiger partial charge is 0.347 e. The molecule has 0 saturated carbocycles. The predicted octanol–water partition coefficient (Wildman–Crippen LogP) is 1.87. The second kappa shape index (κ2) is 6.11. The van der Waals surface area contributed by atoms with Gasteiger partial charge in [-0.1, -0.05) is 0 Å². The molecule has 0 atom stereocenters. The molecule has 0 saturated heterocycles. The molecule has 2 amide bonds. The molecule has 8 heteroatoms. The number of carbonyl (C=O) groups is 2. The quantitative estimate of drug-likeness (QED) is 0.798. The Morgan fingerprint density at radius 1 is 1.45 bits per heavy atom. The molecule has 0 fully saturated rings. The minimum atomic E-state index is -1.01. The first-order chi connectivity index (χ1) is 9.56. The summed E-state index contributed by atoms with van der Waals surface area (Å²) in [6.07, 6.45) is 3.13. The molecule has 2 aromatic heterocycles. The zero-order valence-corrected chi connectivity index (χ0v) is 11.4. The first-order valence-corrected chi connectivity index (χ1v) is 6.52. The summed E-state index contributed by atoms with van der Waals surface area (Å²) in [6, 6.07) is 3.02. The average molecular weight is 292 g/mol. The normalized spacial score (nSPS) is 10.1. The zero-order chi connectivity index (χ0) is 14.5. The molecule has 2 rings (SSSR count). The summed E-state index contributed by atoms with van der Waals surface area (Å²) >= 11 is 1.05. The Kier molecular flexibility index (Phi) is 4.26. The summed E-state index contributed by atoms with van der Waals surface area (Å²) < 4.78 is 0. The largest absolute Gasteiger partial charge is 0.477 e. The van der Waals surface area contributed by atoms with Gasteiger partial charge in [-0.05, 0) is 19.1 Å². The molecule has 2 heterocycles. The number of aryl methyl sites for hydroxylation is 1. The number of hydrogen-bond donors (Lipinski definition) is 3. The Bertz CT molecular complexity index is 627. The summed E-state index contributed by atoms with van der Waals surface area (Å²) in [4.78, 5) is 30.7. The van der Waals surface area contributed by atoms with Crippen LogP contribution in [-0.4, -0.2) is 27.1 Å². The van der Waals surface area contributed by atoms with Gasteiger partial charge in [0.05, 0.1) is 24.1 Å². The van der Waals surface area contributed by atoms with Gasteiger partial charge in [0.15, 0.2) is 0 Å². The van der Waals surface area contributed by atoms with Crippen LogP contribution in [0.3, 0.4) is 0 Å². The monoisotopic (exact) mass is 292 g/mol. The average Bonchev–Trinajstić information content (AvgIpc) is 2.79. The van der Waals surface area contributed by atoms with Gasteiger partial charge in [-0.15, -0.1) is 11.3 Å². The Morgan fingerprint density at radius 2 is 2.25 bits per heavy atom. The summed E-state index contributed by atoms with van der Waals surface area (Å²) in [5, 5.41) is 14.7. The van der Waals surface area contributed by atoms with Gasteiger partial charge in [0.2, 0.25) is 0 Å². The van der Waals surface area contributed by atoms with Crippen molar-refractivity contribution in [3.05, 3.63) is 40.1 Å². The highest BCUT2D eigenvalue weighted by Crippen LogP contribution is 2.17. The number of amides is 2. The number of nitrogens with zero attached hydrogens (tertiary/aromatic N) is 2. The van der Waals surface area contributed by atoms with Crippen LogP contribution in [0.4, 0.5) is 10.5 Å². The van der Waals surface area contributed by atoms with E-state index in [1.54, 1.807) is 25.3 Å². The van der Waals surface area contributed by atoms with E-state index in [0.717, 1.165) is 11.3 Å². The minimum Gasteiger partial charge on any atom is -0.477 e. The Labute approximate surface area is 118 Å². The SMILES string of the molecule is Cc1nc(CNC(=O)Nc2cccnc2)sc1C(=O)O. The third-order valence-electron chi connectivity index (χ3n) is 2.35. The highest BCUT2D eigenvalue weighted by Gasteiger charge is 2.14. The van der Waals surface area contributed by atoms with Gasteiger partial charge in [0.25, 0.3) is 0 Å². The third-order valence-corrected chi connectivity index (χ3v) is 3.50. The van der Waals surface area contributed by atoms with Gasteiger partial charge < -0.3 is 15.7 Å². The molecule has 20 heavy (non-hydrogen) atoms. The molecular formula is C12H12N4O3S. The molecule has 0 aliphatic carbocycles. The van der Waals surface area contributed by atoms with E-state index in [0.29, 0.717) is 16.4 Å². The maximum absolute atomic E-state index is 11.6. The van der Waals surface area contributed by atoms with Crippen LogP contribution in [0.1, 0.15) is 20.4 Å². The molecule has 7 nitrogen and oxygen atoms in total. The number of carbonyl (C=O) groups excluding carboxylic acids is 1. The van der Waals surface area contributed by atoms with Crippen LogP contribution < -0.4 is 10.6 Å². The lowest BCUT2D eigenvalue weighted by molar-refractivity contribution is 0.0701. The fourth-order valence-corrected chi connectivity index (χ4v) is 2.34. The number of rotatable bonds is 4. The maximum atomic E-state index is 11.6. The molecule has 0 aliphatic rings. The molecule has 104 valence electrons. The van der Waals surface area contributed by atoms with Gasteiger partial charge in [-0.25, -0.2) is 14.6 Å². The van der Waals surface area contributed by atoms with Gasteiger partial charge >= 0.3 is 12.0 Å². The summed E-state index contributed by atoms with van der Waals surface area (Å²) in [5.41, 5.74) is 1.03. The van der Waals surface area contributed by atoms with Gasteiger partial charge in [-0.2, -0.15) is 0 Å². The van der Waals surface area contributed by atoms with Crippen molar-refractivity contribution in [2.24, 2.45) is 0 Å². The van der Waals surface area contributed by atoms with Crippen LogP contribution in [0.2, 0.25) is 0 Å². The molecule has 2 aromatic rings. The van der Waals surface area contributed by atoms with Crippen molar-refractivity contribution >= 4 is 29.0 Å². The standard InChI is InChI=1S/C12H12N4O3S/c1-7-10(11(17)18)20-9(15-7)6-14-12(19)16-8-3-2-4-13-5-8/h2-5H,6H2,1H3,(H,17,18)(H2,14,16,19). The maximum Gasteiger partial charge on any atom is 0.347 e. The molecule has 0 aromatic carbocycles. The van der Waals surface area contributed by atoms with Crippen molar-refractivity contribution in [2.45, 2.75) is 13.5 Å². The van der Waals surface area contributed by atoms with E-state index in [1.807, 2.05) is 0 Å². The molecule has 0 aliphatic heterocycles. The first-order valence-electron chi connectivity index (χ1n) is 5.70. The van der Waals surface area contributed by atoms with Crippen LogP contribution in [0.15, 0.2) is 24.5 Å². The van der Waals surface area contributed by atoms with E-state index >= 15 is 0 Å². The van der Waals surface area contributed by atoms with Crippen LogP contribution in [0.5, 0.6) is 0 Å². The van der Waals surface area contributed by atoms with Gasteiger partial charge in [0, 0.05) is 6.20 Å². The van der Waals surface area contributed by atoms with E-state index in [4.69, 9.17) is 5.11 Å². The lowest BCUT2D eigenvalue weighted by Crippen LogP contribution is -2.28. The molecule has 3 N–H and O–H groups in total. The van der Waals surface area contributed by atoms with E-state index in [1.165, 1.54) is 6.20 Å². The van der Waals surface area contributed by atoms with Crippen molar-refractivity contribution < 1.29 is 14.7 Å². The number of carboxylic acids is 1. The Hall–Kier alpha value is -2.48. The number of thiazole rings is 1. The number of hydrogen-bond acceptors (Lipinski definition) is 5. The second-order valence-electron chi connectivity index (χ2n) is 3.88. The number of carboxylic acid groups (broad SMARTS) is 1. The van der Waals surface area contributed by atoms with Crippen LogP contribution >= 0.6 is 11.3 Å². The van der Waals surface area contributed by atoms with E-state index in [9.17, 15) is 9.59 Å². The number of nitrogens with one attached hydrogen (secondary N) is 2. The fourth-order valence-electron chi connectivity index (χ4n) is 1.49. The highest BCUT2D eigenvalue weighted by molar-refractivity contribution is 7.13. The van der Waals surface area contributed by atoms with Gasteiger partial charge in [0.1, 0.15) is 9.88 Å². The lowest BCUT2D eigenvalue weighted by Gasteiger charge is -2.05. The van der Waals surface area contributed by atoms with Crippen molar-refractivity contribution in [2.75, 3.05) is 5.32 Å². The summed E-state index contributed by atoms with van der Waals surface area (Å²) in [5.74, 6) is -1.01. The van der Waals surface area contributed by atoms with Crippen LogP contribution in [0, 0.1) is 6.92 Å². The Morgan fingerprint density at radius 3 is 2.85 bits per heavy atom. The number of urea groups is 1. The third kappa shape index (κ3) is 3.51. The summed E-state index contributed by atoms with van der Waals surface area (Å²) in [7, 11) is 0. The highest BCUT2D eigenvalue weighted by atomic mass is 32.1. The van der Waals surface area contributed by atoms with Crippen molar-refractivity contribution in [3.63, 3.8) is 0 Å². The predicted molar refractivity (Wildman–Crippen MR) is 73.9 cm³/mol. The molecular weight excluding hydrogens is 280 g/mol. The van der Waals surface area contributed by atoms with E-state index in [-0.39, 0.29) is 11.4 Å². The molecule has 0 bridgehead atoms. The topological polar surface area (TPSA) is 104 Å². The molecule has 0 spiro atoms. The number of anilines is 1. The number of aromatic nitrogens is 2. The fraction of sp³-hybridized carbons (Fsp3) is 0.167. The van der Waals surface area contributed by atoms with Gasteiger partial charge in [-0.3, -0.25) is 4.98 Å². The number of aromatic carboxylic acids is 1. The van der Waals surface area contributed by atoms with Crippen molar-refractivity contribution in [1.29, 1.82) is 0 Å². The minimum absolute atomic E-state index is 0.172. The molecule has 0 radical (unpaired) electrons.